The lowest BCUT2D eigenvalue weighted by molar-refractivity contribution is -0.153. The molecule has 9 nitrogen and oxygen atoms in total. The number of alkyl carbamates (subject to hydrolysis) is 1. The van der Waals surface area contributed by atoms with Gasteiger partial charge in [0.25, 0.3) is 0 Å². The maximum absolute atomic E-state index is 13.3. The van der Waals surface area contributed by atoms with Crippen molar-refractivity contribution in [2.24, 2.45) is 11.3 Å². The van der Waals surface area contributed by atoms with Gasteiger partial charge in [-0.25, -0.2) is 4.79 Å². The van der Waals surface area contributed by atoms with Gasteiger partial charge in [-0.15, -0.1) is 0 Å². The van der Waals surface area contributed by atoms with Gasteiger partial charge in [0.15, 0.2) is 0 Å². The van der Waals surface area contributed by atoms with Crippen LogP contribution in [0.1, 0.15) is 59.9 Å². The summed E-state index contributed by atoms with van der Waals surface area (Å²) in [5.41, 5.74) is -0.528. The number of ether oxygens (including phenoxy) is 2. The molecule has 1 rings (SSSR count). The molecule has 9 heteroatoms. The lowest BCUT2D eigenvalue weighted by Crippen LogP contribution is -2.58. The fourth-order valence-corrected chi connectivity index (χ4v) is 3.15. The van der Waals surface area contributed by atoms with Crippen LogP contribution in [0.3, 0.4) is 0 Å². The average molecular weight is 481 g/mol. The second-order valence-electron chi connectivity index (χ2n) is 10.3. The monoisotopic (exact) mass is 480 g/mol. The Hall–Kier alpha value is -2.65. The molecule has 192 valence electrons. The van der Waals surface area contributed by atoms with Gasteiger partial charge < -0.3 is 30.3 Å². The third kappa shape index (κ3) is 10.5. The Labute approximate surface area is 202 Å². The normalized spacial score (nSPS) is 14.5. The average Bonchev–Trinajstić information content (AvgIpc) is 2.73. The molecule has 0 spiro atoms. The number of carbonyl (C=O) groups excluding carboxylic acids is 3. The van der Waals surface area contributed by atoms with Crippen LogP contribution >= 0.6 is 0 Å². The summed E-state index contributed by atoms with van der Waals surface area (Å²) in [7, 11) is 0. The van der Waals surface area contributed by atoms with Gasteiger partial charge in [-0.3, -0.25) is 9.59 Å². The van der Waals surface area contributed by atoms with E-state index in [1.54, 1.807) is 32.9 Å². The standard InChI is InChI=1S/C25H40N2O7/c1-24(2,3)19(15-29)26-21(30)20(27-23(32)34-25(4,5)6)18(13-10-14-28)22(31)33-16-17-11-8-7-9-12-17/h7-9,11-12,18-20,28-29H,10,13-16H2,1-6H3,(H,26,30)(H,27,32). The number of esters is 1. The van der Waals surface area contributed by atoms with Crippen molar-refractivity contribution in [3.8, 4) is 0 Å². The minimum atomic E-state index is -1.33. The lowest BCUT2D eigenvalue weighted by atomic mass is 9.86. The first kappa shape index (κ1) is 29.4. The number of carbonyl (C=O) groups is 3. The zero-order valence-electron chi connectivity index (χ0n) is 21.1. The van der Waals surface area contributed by atoms with Gasteiger partial charge in [-0.05, 0) is 44.6 Å². The summed E-state index contributed by atoms with van der Waals surface area (Å²) in [6, 6.07) is 7.11. The zero-order valence-corrected chi connectivity index (χ0v) is 21.1. The quantitative estimate of drug-likeness (QED) is 0.358. The van der Waals surface area contributed by atoms with Gasteiger partial charge in [0.1, 0.15) is 18.2 Å². The summed E-state index contributed by atoms with van der Waals surface area (Å²) in [6.45, 7) is 10.1. The third-order valence-corrected chi connectivity index (χ3v) is 5.10. The molecule has 0 aromatic heterocycles. The highest BCUT2D eigenvalue weighted by Crippen LogP contribution is 2.21. The number of aliphatic hydroxyl groups excluding tert-OH is 2. The summed E-state index contributed by atoms with van der Waals surface area (Å²) in [5, 5.41) is 24.4. The molecular formula is C25H40N2O7. The number of hydrogen-bond donors (Lipinski definition) is 4. The molecule has 3 unspecified atom stereocenters. The highest BCUT2D eigenvalue weighted by Gasteiger charge is 2.39. The smallest absolute Gasteiger partial charge is 0.408 e. The number of nitrogens with one attached hydrogen (secondary N) is 2. The Morgan fingerprint density at radius 2 is 1.59 bits per heavy atom. The minimum absolute atomic E-state index is 0.00265. The topological polar surface area (TPSA) is 134 Å². The van der Waals surface area contributed by atoms with Crippen molar-refractivity contribution < 1.29 is 34.1 Å². The Balaban J connectivity index is 3.18. The molecule has 0 heterocycles. The van der Waals surface area contributed by atoms with Gasteiger partial charge in [0.2, 0.25) is 5.91 Å². The van der Waals surface area contributed by atoms with Gasteiger partial charge in [0.05, 0.1) is 18.6 Å². The summed E-state index contributed by atoms with van der Waals surface area (Å²) < 4.78 is 10.8. The number of benzene rings is 1. The summed E-state index contributed by atoms with van der Waals surface area (Å²) >= 11 is 0. The Morgan fingerprint density at radius 3 is 2.09 bits per heavy atom. The van der Waals surface area contributed by atoms with Crippen LogP contribution in [0.15, 0.2) is 30.3 Å². The molecule has 0 radical (unpaired) electrons. The van der Waals surface area contributed by atoms with Crippen LogP contribution in [-0.4, -0.2) is 59.1 Å². The van der Waals surface area contributed by atoms with E-state index < -0.39 is 47.0 Å². The molecule has 34 heavy (non-hydrogen) atoms. The Kier molecular flexibility index (Phi) is 11.5. The van der Waals surface area contributed by atoms with Crippen molar-refractivity contribution in [2.45, 2.75) is 78.7 Å². The van der Waals surface area contributed by atoms with E-state index in [0.717, 1.165) is 5.56 Å². The first-order valence-electron chi connectivity index (χ1n) is 11.5. The molecule has 4 N–H and O–H groups in total. The minimum Gasteiger partial charge on any atom is -0.461 e. The Morgan fingerprint density at radius 1 is 0.971 bits per heavy atom. The molecule has 0 fully saturated rings. The van der Waals surface area contributed by atoms with E-state index in [0.29, 0.717) is 0 Å². The fraction of sp³-hybridized carbons (Fsp3) is 0.640. The van der Waals surface area contributed by atoms with Crippen LogP contribution < -0.4 is 10.6 Å². The molecule has 3 atom stereocenters. The van der Waals surface area contributed by atoms with Crippen molar-refractivity contribution in [3.05, 3.63) is 35.9 Å². The van der Waals surface area contributed by atoms with Gasteiger partial charge >= 0.3 is 12.1 Å². The van der Waals surface area contributed by atoms with Crippen LogP contribution in [0.25, 0.3) is 0 Å². The summed E-state index contributed by atoms with van der Waals surface area (Å²) in [6.07, 6.45) is -0.556. The van der Waals surface area contributed by atoms with Crippen molar-refractivity contribution in [3.63, 3.8) is 0 Å². The fourth-order valence-electron chi connectivity index (χ4n) is 3.15. The highest BCUT2D eigenvalue weighted by atomic mass is 16.6. The van der Waals surface area contributed by atoms with Crippen LogP contribution in [0, 0.1) is 11.3 Å². The Bertz CT molecular complexity index is 785. The van der Waals surface area contributed by atoms with E-state index in [2.05, 4.69) is 10.6 Å². The highest BCUT2D eigenvalue weighted by molar-refractivity contribution is 5.91. The van der Waals surface area contributed by atoms with Crippen molar-refractivity contribution >= 4 is 18.0 Å². The molecule has 0 saturated carbocycles. The molecule has 0 aliphatic heterocycles. The van der Waals surface area contributed by atoms with E-state index in [-0.39, 0.29) is 32.7 Å². The molecule has 0 aliphatic carbocycles. The third-order valence-electron chi connectivity index (χ3n) is 5.10. The number of aliphatic hydroxyl groups is 2. The zero-order chi connectivity index (χ0) is 25.9. The number of amides is 2. The molecule has 2 amide bonds. The molecule has 0 saturated heterocycles. The molecule has 1 aromatic rings. The first-order chi connectivity index (χ1) is 15.8. The molecule has 0 aliphatic rings. The molecular weight excluding hydrogens is 440 g/mol. The van der Waals surface area contributed by atoms with Crippen molar-refractivity contribution in [1.29, 1.82) is 0 Å². The van der Waals surface area contributed by atoms with Crippen LogP contribution in [0.4, 0.5) is 4.79 Å². The van der Waals surface area contributed by atoms with E-state index in [9.17, 15) is 24.6 Å². The van der Waals surface area contributed by atoms with Crippen molar-refractivity contribution in [1.82, 2.24) is 10.6 Å². The summed E-state index contributed by atoms with van der Waals surface area (Å²) in [4.78, 5) is 38.9. The van der Waals surface area contributed by atoms with E-state index in [1.807, 2.05) is 39.0 Å². The van der Waals surface area contributed by atoms with Crippen LogP contribution in [0.2, 0.25) is 0 Å². The number of rotatable bonds is 11. The maximum atomic E-state index is 13.3. The molecule has 1 aromatic carbocycles. The van der Waals surface area contributed by atoms with E-state index in [1.165, 1.54) is 0 Å². The first-order valence-corrected chi connectivity index (χ1v) is 11.5. The van der Waals surface area contributed by atoms with E-state index in [4.69, 9.17) is 9.47 Å². The second kappa shape index (κ2) is 13.3. The maximum Gasteiger partial charge on any atom is 0.408 e. The SMILES string of the molecule is CC(C)(C)OC(=O)NC(C(=O)NC(CO)C(C)(C)C)C(CCCO)C(=O)OCc1ccccc1. The number of hydrogen-bond acceptors (Lipinski definition) is 7. The van der Waals surface area contributed by atoms with Crippen molar-refractivity contribution in [2.75, 3.05) is 13.2 Å². The van der Waals surface area contributed by atoms with Gasteiger partial charge in [-0.2, -0.15) is 0 Å². The predicted molar refractivity (Wildman–Crippen MR) is 128 cm³/mol. The molecule has 0 bridgehead atoms. The lowest BCUT2D eigenvalue weighted by Gasteiger charge is -2.33. The van der Waals surface area contributed by atoms with E-state index >= 15 is 0 Å². The van der Waals surface area contributed by atoms with Crippen LogP contribution in [-0.2, 0) is 25.7 Å². The second-order valence-corrected chi connectivity index (χ2v) is 10.3. The van der Waals surface area contributed by atoms with Crippen LogP contribution in [0.5, 0.6) is 0 Å². The predicted octanol–water partition coefficient (Wildman–Crippen LogP) is 2.54. The largest absolute Gasteiger partial charge is 0.461 e. The summed E-state index contributed by atoms with van der Waals surface area (Å²) in [5.74, 6) is -2.42. The van der Waals surface area contributed by atoms with Gasteiger partial charge in [-0.1, -0.05) is 51.1 Å². The van der Waals surface area contributed by atoms with Gasteiger partial charge in [0, 0.05) is 6.61 Å².